The highest BCUT2D eigenvalue weighted by Crippen LogP contribution is 2.34. The second kappa shape index (κ2) is 6.71. The second-order valence-electron chi connectivity index (χ2n) is 5.98. The van der Waals surface area contributed by atoms with E-state index < -0.39 is 12.0 Å². The van der Waals surface area contributed by atoms with Crippen molar-refractivity contribution in [2.45, 2.75) is 19.2 Å². The number of aliphatic hydroxyl groups excluding tert-OH is 1. The van der Waals surface area contributed by atoms with Crippen LogP contribution in [0.1, 0.15) is 25.9 Å². The predicted molar refractivity (Wildman–Crippen MR) is 98.6 cm³/mol. The number of hydrogen-bond acceptors (Lipinski definition) is 5. The third-order valence-electron chi connectivity index (χ3n) is 4.14. The smallest absolute Gasteiger partial charge is 0.272 e. The van der Waals surface area contributed by atoms with E-state index in [9.17, 15) is 14.7 Å². The van der Waals surface area contributed by atoms with Crippen LogP contribution in [-0.2, 0) is 13.1 Å². The molecule has 2 amide bonds. The molecule has 0 spiro atoms. The molecular formula is C17H15ClN4O3S. The van der Waals surface area contributed by atoms with Gasteiger partial charge in [0.25, 0.3) is 11.8 Å². The number of benzene rings is 1. The second-order valence-corrected chi connectivity index (χ2v) is 7.49. The first-order valence-corrected chi connectivity index (χ1v) is 9.20. The van der Waals surface area contributed by atoms with E-state index in [0.717, 1.165) is 15.0 Å². The Labute approximate surface area is 157 Å². The predicted octanol–water partition coefficient (Wildman–Crippen LogP) is 1.79. The number of rotatable bonds is 3. The number of halogens is 1. The minimum Gasteiger partial charge on any atom is -0.389 e. The number of carbonyl (C=O) groups excluding carboxylic acids is 2. The van der Waals surface area contributed by atoms with Gasteiger partial charge in [-0.2, -0.15) is 5.10 Å². The van der Waals surface area contributed by atoms with Crippen LogP contribution >= 0.6 is 22.9 Å². The lowest BCUT2D eigenvalue weighted by Gasteiger charge is -2.06. The summed E-state index contributed by atoms with van der Waals surface area (Å²) in [5.41, 5.74) is 0.382. The Morgan fingerprint density at radius 3 is 3.08 bits per heavy atom. The summed E-state index contributed by atoms with van der Waals surface area (Å²) >= 11 is 7.90. The summed E-state index contributed by atoms with van der Waals surface area (Å²) in [6.07, 6.45) is -0.742. The number of aliphatic hydroxyl groups is 1. The fourth-order valence-corrected chi connectivity index (χ4v) is 4.28. The average molecular weight is 391 g/mol. The van der Waals surface area contributed by atoms with Gasteiger partial charge in [0.05, 0.1) is 24.2 Å². The van der Waals surface area contributed by atoms with Crippen molar-refractivity contribution in [2.75, 3.05) is 6.54 Å². The van der Waals surface area contributed by atoms with E-state index in [0.29, 0.717) is 5.02 Å². The first-order valence-electron chi connectivity index (χ1n) is 8.01. The van der Waals surface area contributed by atoms with E-state index in [2.05, 4.69) is 15.7 Å². The molecule has 0 saturated carbocycles. The maximum Gasteiger partial charge on any atom is 0.272 e. The Morgan fingerprint density at radius 2 is 2.27 bits per heavy atom. The van der Waals surface area contributed by atoms with Crippen LogP contribution in [0.3, 0.4) is 0 Å². The van der Waals surface area contributed by atoms with Gasteiger partial charge in [0, 0.05) is 27.6 Å². The molecule has 7 nitrogen and oxygen atoms in total. The summed E-state index contributed by atoms with van der Waals surface area (Å²) in [4.78, 5) is 25.3. The molecule has 3 aromatic rings. The van der Waals surface area contributed by atoms with Gasteiger partial charge >= 0.3 is 0 Å². The normalized spacial score (nSPS) is 16.8. The van der Waals surface area contributed by atoms with E-state index in [4.69, 9.17) is 11.6 Å². The summed E-state index contributed by atoms with van der Waals surface area (Å²) in [6.45, 7) is 0.589. The molecule has 0 saturated heterocycles. The van der Waals surface area contributed by atoms with Crippen LogP contribution in [-0.4, -0.2) is 39.4 Å². The number of amides is 2. The van der Waals surface area contributed by atoms with Gasteiger partial charge in [-0.05, 0) is 6.07 Å². The monoisotopic (exact) mass is 390 g/mol. The quantitative estimate of drug-likeness (QED) is 0.635. The molecule has 1 aromatic carbocycles. The van der Waals surface area contributed by atoms with E-state index in [-0.39, 0.29) is 36.9 Å². The molecule has 0 radical (unpaired) electrons. The van der Waals surface area contributed by atoms with Gasteiger partial charge in [-0.3, -0.25) is 14.3 Å². The summed E-state index contributed by atoms with van der Waals surface area (Å²) in [6, 6.07) is 9.20. The molecule has 0 fully saturated rings. The number of nitrogens with zero attached hydrogens (tertiary/aromatic N) is 2. The summed E-state index contributed by atoms with van der Waals surface area (Å²) < 4.78 is 2.41. The third-order valence-corrected chi connectivity index (χ3v) is 5.85. The van der Waals surface area contributed by atoms with Crippen molar-refractivity contribution in [1.82, 2.24) is 20.4 Å². The summed E-state index contributed by atoms with van der Waals surface area (Å²) in [5, 5.41) is 20.9. The zero-order valence-corrected chi connectivity index (χ0v) is 15.1. The van der Waals surface area contributed by atoms with E-state index in [1.165, 1.54) is 22.1 Å². The average Bonchev–Trinajstić information content (AvgIpc) is 3.16. The van der Waals surface area contributed by atoms with Gasteiger partial charge in [-0.25, -0.2) is 0 Å². The van der Waals surface area contributed by atoms with E-state index in [1.54, 1.807) is 0 Å². The zero-order valence-electron chi connectivity index (χ0n) is 13.5. The van der Waals surface area contributed by atoms with Crippen molar-refractivity contribution in [3.63, 3.8) is 0 Å². The van der Waals surface area contributed by atoms with Crippen molar-refractivity contribution < 1.29 is 14.7 Å². The van der Waals surface area contributed by atoms with E-state index >= 15 is 0 Å². The van der Waals surface area contributed by atoms with Gasteiger partial charge < -0.3 is 15.7 Å². The van der Waals surface area contributed by atoms with Crippen LogP contribution in [0, 0.1) is 0 Å². The largest absolute Gasteiger partial charge is 0.389 e. The van der Waals surface area contributed by atoms with Crippen LogP contribution in [0.4, 0.5) is 0 Å². The van der Waals surface area contributed by atoms with Crippen molar-refractivity contribution in [2.24, 2.45) is 0 Å². The molecule has 26 heavy (non-hydrogen) atoms. The topological polar surface area (TPSA) is 96.2 Å². The van der Waals surface area contributed by atoms with Gasteiger partial charge in [0.15, 0.2) is 5.69 Å². The summed E-state index contributed by atoms with van der Waals surface area (Å²) in [5.74, 6) is -0.762. The van der Waals surface area contributed by atoms with Crippen molar-refractivity contribution in [3.8, 4) is 0 Å². The number of aromatic nitrogens is 2. The Hall–Kier alpha value is -2.42. The number of β-amino-alcohol motifs (C(OH)–C–C–N with tert-alkyl or cyclic N) is 1. The van der Waals surface area contributed by atoms with Gasteiger partial charge in [-0.1, -0.05) is 29.8 Å². The molecule has 1 atom stereocenters. The molecule has 1 aliphatic heterocycles. The SMILES string of the molecule is O=C(NCc1sc2ccccc2c1Cl)c1cc2n(n1)C[C@@H](O)CNC2=O. The first kappa shape index (κ1) is 17.0. The highest BCUT2D eigenvalue weighted by molar-refractivity contribution is 7.19. The fraction of sp³-hybridized carbons (Fsp3) is 0.235. The highest BCUT2D eigenvalue weighted by atomic mass is 35.5. The zero-order chi connectivity index (χ0) is 18.3. The van der Waals surface area contributed by atoms with Crippen LogP contribution in [0.25, 0.3) is 10.1 Å². The molecule has 9 heteroatoms. The third kappa shape index (κ3) is 3.07. The number of thiophene rings is 1. The minimum atomic E-state index is -0.742. The molecule has 0 unspecified atom stereocenters. The fourth-order valence-electron chi connectivity index (χ4n) is 2.84. The summed E-state index contributed by atoms with van der Waals surface area (Å²) in [7, 11) is 0. The molecule has 3 heterocycles. The number of carbonyl (C=O) groups is 2. The highest BCUT2D eigenvalue weighted by Gasteiger charge is 2.24. The number of hydrogen-bond donors (Lipinski definition) is 3. The Bertz CT molecular complexity index is 1010. The first-order chi connectivity index (χ1) is 12.5. The Balaban J connectivity index is 1.52. The molecule has 0 aliphatic carbocycles. The molecular weight excluding hydrogens is 376 g/mol. The molecule has 134 valence electrons. The maximum absolute atomic E-state index is 12.4. The molecule has 2 aromatic heterocycles. The molecule has 4 rings (SSSR count). The molecule has 3 N–H and O–H groups in total. The Morgan fingerprint density at radius 1 is 1.46 bits per heavy atom. The van der Waals surface area contributed by atoms with Crippen molar-refractivity contribution in [3.05, 3.63) is 51.6 Å². The molecule has 0 bridgehead atoms. The number of nitrogens with one attached hydrogen (secondary N) is 2. The maximum atomic E-state index is 12.4. The lowest BCUT2D eigenvalue weighted by atomic mass is 10.2. The van der Waals surface area contributed by atoms with Gasteiger partial charge in [-0.15, -0.1) is 11.3 Å². The van der Waals surface area contributed by atoms with Gasteiger partial charge in [0.2, 0.25) is 0 Å². The Kier molecular flexibility index (Phi) is 4.39. The van der Waals surface area contributed by atoms with E-state index in [1.807, 2.05) is 24.3 Å². The lowest BCUT2D eigenvalue weighted by molar-refractivity contribution is 0.0931. The van der Waals surface area contributed by atoms with Crippen LogP contribution < -0.4 is 10.6 Å². The molecule has 1 aliphatic rings. The lowest BCUT2D eigenvalue weighted by Crippen LogP contribution is -2.30. The standard InChI is InChI=1S/C17H15ClN4O3S/c18-15-10-3-1-2-4-13(10)26-14(15)7-20-16(24)11-5-12-17(25)19-6-9(23)8-22(12)21-11/h1-5,9,23H,6-8H2,(H,19,25)(H,20,24)/t9-/m0/s1. The van der Waals surface area contributed by atoms with Crippen LogP contribution in [0.15, 0.2) is 30.3 Å². The minimum absolute atomic E-state index is 0.126. The van der Waals surface area contributed by atoms with Crippen molar-refractivity contribution >= 4 is 44.8 Å². The number of fused-ring (bicyclic) bond motifs is 2. The van der Waals surface area contributed by atoms with Crippen LogP contribution in [0.2, 0.25) is 5.02 Å². The van der Waals surface area contributed by atoms with Crippen molar-refractivity contribution in [1.29, 1.82) is 0 Å². The van der Waals surface area contributed by atoms with Crippen LogP contribution in [0.5, 0.6) is 0 Å². The van der Waals surface area contributed by atoms with Gasteiger partial charge in [0.1, 0.15) is 5.69 Å².